The summed E-state index contributed by atoms with van der Waals surface area (Å²) in [5.41, 5.74) is 10.8. The summed E-state index contributed by atoms with van der Waals surface area (Å²) in [5, 5.41) is 0. The van der Waals surface area contributed by atoms with E-state index in [9.17, 15) is 0 Å². The maximum atomic E-state index is 4.89. The van der Waals surface area contributed by atoms with Crippen molar-refractivity contribution >= 4 is 44.1 Å². The van der Waals surface area contributed by atoms with Crippen molar-refractivity contribution in [1.29, 1.82) is 0 Å². The van der Waals surface area contributed by atoms with Crippen LogP contribution in [0.2, 0.25) is 0 Å². The molecule has 0 amide bonds. The molecular weight excluding hydrogens is 645 g/mol. The molecule has 4 heterocycles. The highest BCUT2D eigenvalue weighted by Gasteiger charge is 2.16. The van der Waals surface area contributed by atoms with Crippen LogP contribution in [0.3, 0.4) is 0 Å². The van der Waals surface area contributed by atoms with Crippen molar-refractivity contribution in [2.45, 2.75) is 39.0 Å². The van der Waals surface area contributed by atoms with E-state index in [0.717, 1.165) is 93.4 Å². The average molecular weight is 685 g/mol. The van der Waals surface area contributed by atoms with Gasteiger partial charge in [-0.1, -0.05) is 72.8 Å². The van der Waals surface area contributed by atoms with Gasteiger partial charge < -0.3 is 19.9 Å². The molecule has 0 fully saturated rings. The maximum Gasteiger partial charge on any atom is 0.121 e. The summed E-state index contributed by atoms with van der Waals surface area (Å²) >= 11 is 0. The Hall–Kier alpha value is -6.10. The molecule has 5 aromatic carbocycles. The fourth-order valence-electron chi connectivity index (χ4n) is 7.11. The molecule has 0 atom stereocenters. The van der Waals surface area contributed by atoms with Crippen LogP contribution in [0.1, 0.15) is 34.4 Å². The van der Waals surface area contributed by atoms with E-state index in [0.29, 0.717) is 26.2 Å². The summed E-state index contributed by atoms with van der Waals surface area (Å²) in [5.74, 6) is 3.83. The molecule has 10 nitrogen and oxygen atoms in total. The van der Waals surface area contributed by atoms with Crippen LogP contribution in [-0.2, 0) is 39.0 Å². The van der Waals surface area contributed by atoms with Crippen molar-refractivity contribution in [1.82, 2.24) is 49.7 Å². The Balaban J connectivity index is 0.905. The van der Waals surface area contributed by atoms with Crippen molar-refractivity contribution in [3.63, 3.8) is 0 Å². The second kappa shape index (κ2) is 14.3. The first-order chi connectivity index (χ1) is 25.7. The van der Waals surface area contributed by atoms with Gasteiger partial charge in [-0.3, -0.25) is 9.80 Å². The van der Waals surface area contributed by atoms with Crippen LogP contribution in [0.15, 0.2) is 121 Å². The van der Waals surface area contributed by atoms with E-state index < -0.39 is 0 Å². The van der Waals surface area contributed by atoms with E-state index in [1.807, 2.05) is 48.5 Å². The van der Waals surface area contributed by atoms with Crippen LogP contribution < -0.4 is 0 Å². The molecule has 0 saturated carbocycles. The second-order valence-corrected chi connectivity index (χ2v) is 13.5. The van der Waals surface area contributed by atoms with Crippen LogP contribution in [0, 0.1) is 0 Å². The molecule has 0 unspecified atom stereocenters. The Labute approximate surface area is 301 Å². The van der Waals surface area contributed by atoms with E-state index in [4.69, 9.17) is 19.9 Å². The number of aromatic nitrogens is 8. The molecule has 0 spiro atoms. The third-order valence-corrected chi connectivity index (χ3v) is 9.67. The van der Waals surface area contributed by atoms with Gasteiger partial charge in [-0.25, -0.2) is 19.9 Å². The maximum absolute atomic E-state index is 4.89. The van der Waals surface area contributed by atoms with Gasteiger partial charge in [0, 0.05) is 13.1 Å². The van der Waals surface area contributed by atoms with Crippen molar-refractivity contribution in [3.05, 3.63) is 156 Å². The number of hydrogen-bond donors (Lipinski definition) is 4. The summed E-state index contributed by atoms with van der Waals surface area (Å²) in [4.78, 5) is 38.5. The molecule has 0 aliphatic heterocycles. The molecule has 9 aromatic rings. The standard InChI is InChI=1S/C42H40N10/c1-2-13-32-31(12-1)43-39(44-32)25-51(26-40-45-33-14-3-4-15-34(33)46-40)22-20-29-10-9-11-30(24-29)21-23-52(27-41-47-35-16-5-6-17-36(35)48-41)28-42-49-37-18-7-8-19-38(37)50-42/h1-19,24H,20-23,25-28H2,(H,43,44)(H,45,46)(H,47,48)(H,49,50). The third kappa shape index (κ3) is 7.20. The van der Waals surface area contributed by atoms with Gasteiger partial charge in [-0.2, -0.15) is 0 Å². The van der Waals surface area contributed by atoms with Crippen LogP contribution in [0.25, 0.3) is 44.1 Å². The molecule has 0 saturated heterocycles. The topological polar surface area (TPSA) is 121 Å². The molecule has 9 rings (SSSR count). The Morgan fingerprint density at radius 3 is 0.981 bits per heavy atom. The summed E-state index contributed by atoms with van der Waals surface area (Å²) in [6.07, 6.45) is 1.83. The fraction of sp³-hybridized carbons (Fsp3) is 0.190. The number of nitrogens with zero attached hydrogens (tertiary/aromatic N) is 6. The molecule has 4 N–H and O–H groups in total. The first kappa shape index (κ1) is 31.9. The molecule has 0 aliphatic carbocycles. The van der Waals surface area contributed by atoms with E-state index in [1.54, 1.807) is 0 Å². The first-order valence-electron chi connectivity index (χ1n) is 17.9. The Kier molecular flexibility index (Phi) is 8.73. The molecular formula is C42H40N10. The highest BCUT2D eigenvalue weighted by atomic mass is 15.2. The number of H-pyrrole nitrogens is 4. The molecule has 0 aliphatic rings. The average Bonchev–Trinajstić information content (AvgIpc) is 3.96. The molecule has 52 heavy (non-hydrogen) atoms. The Morgan fingerprint density at radius 2 is 0.673 bits per heavy atom. The lowest BCUT2D eigenvalue weighted by Crippen LogP contribution is -2.27. The van der Waals surface area contributed by atoms with Gasteiger partial charge in [-0.15, -0.1) is 0 Å². The molecule has 258 valence electrons. The van der Waals surface area contributed by atoms with Crippen molar-refractivity contribution in [3.8, 4) is 0 Å². The number of rotatable bonds is 14. The van der Waals surface area contributed by atoms with Gasteiger partial charge in [0.15, 0.2) is 0 Å². The number of nitrogens with one attached hydrogen (secondary N) is 4. The van der Waals surface area contributed by atoms with Gasteiger partial charge >= 0.3 is 0 Å². The number of para-hydroxylation sites is 8. The number of imidazole rings is 4. The molecule has 0 bridgehead atoms. The smallest absolute Gasteiger partial charge is 0.121 e. The van der Waals surface area contributed by atoms with E-state index in [1.165, 1.54) is 11.1 Å². The zero-order chi connectivity index (χ0) is 34.7. The highest BCUT2D eigenvalue weighted by molar-refractivity contribution is 5.76. The second-order valence-electron chi connectivity index (χ2n) is 13.5. The zero-order valence-corrected chi connectivity index (χ0v) is 28.9. The minimum Gasteiger partial charge on any atom is -0.341 e. The normalized spacial score (nSPS) is 12.0. The first-order valence-corrected chi connectivity index (χ1v) is 17.9. The highest BCUT2D eigenvalue weighted by Crippen LogP contribution is 2.19. The van der Waals surface area contributed by atoms with Crippen molar-refractivity contribution in [2.75, 3.05) is 13.1 Å². The summed E-state index contributed by atoms with van der Waals surface area (Å²) in [6, 6.07) is 41.9. The van der Waals surface area contributed by atoms with Crippen molar-refractivity contribution in [2.24, 2.45) is 0 Å². The predicted molar refractivity (Wildman–Crippen MR) is 206 cm³/mol. The van der Waals surface area contributed by atoms with Crippen LogP contribution in [0.4, 0.5) is 0 Å². The summed E-state index contributed by atoms with van der Waals surface area (Å²) in [7, 11) is 0. The monoisotopic (exact) mass is 684 g/mol. The van der Waals surface area contributed by atoms with E-state index in [2.05, 4.69) is 103 Å². The lowest BCUT2D eigenvalue weighted by Gasteiger charge is -2.21. The van der Waals surface area contributed by atoms with Gasteiger partial charge in [0.2, 0.25) is 0 Å². The van der Waals surface area contributed by atoms with Crippen LogP contribution >= 0.6 is 0 Å². The Bertz CT molecular complexity index is 2130. The minimum absolute atomic E-state index is 0.698. The molecule has 10 heteroatoms. The number of benzene rings is 5. The zero-order valence-electron chi connectivity index (χ0n) is 28.9. The lowest BCUT2D eigenvalue weighted by molar-refractivity contribution is 0.248. The number of aromatic amines is 4. The number of fused-ring (bicyclic) bond motifs is 4. The van der Waals surface area contributed by atoms with Gasteiger partial charge in [0.1, 0.15) is 23.3 Å². The summed E-state index contributed by atoms with van der Waals surface area (Å²) < 4.78 is 0. The quantitative estimate of drug-likeness (QED) is 0.0933. The van der Waals surface area contributed by atoms with Gasteiger partial charge in [0.05, 0.1) is 70.3 Å². The SMILES string of the molecule is c1cc(CCN(Cc2nc3ccccc3[nH]2)Cc2nc3ccccc3[nH]2)cc(CCN(Cc2nc3ccccc3[nH]2)Cc2nc3ccccc3[nH]2)c1. The lowest BCUT2D eigenvalue weighted by atomic mass is 10.1. The van der Waals surface area contributed by atoms with Gasteiger partial charge in [0.25, 0.3) is 0 Å². The largest absolute Gasteiger partial charge is 0.341 e. The van der Waals surface area contributed by atoms with E-state index >= 15 is 0 Å². The number of hydrogen-bond acceptors (Lipinski definition) is 6. The predicted octanol–water partition coefficient (Wildman–Crippen LogP) is 7.68. The van der Waals surface area contributed by atoms with E-state index in [-0.39, 0.29) is 0 Å². The van der Waals surface area contributed by atoms with Crippen LogP contribution in [-0.4, -0.2) is 62.8 Å². The van der Waals surface area contributed by atoms with Gasteiger partial charge in [-0.05, 0) is 72.5 Å². The Morgan fingerprint density at radius 1 is 0.365 bits per heavy atom. The summed E-state index contributed by atoms with van der Waals surface area (Å²) in [6.45, 7) is 4.52. The fourth-order valence-corrected chi connectivity index (χ4v) is 7.11. The molecule has 4 aromatic heterocycles. The third-order valence-electron chi connectivity index (χ3n) is 9.67. The van der Waals surface area contributed by atoms with Crippen LogP contribution in [0.5, 0.6) is 0 Å². The molecule has 0 radical (unpaired) electrons. The van der Waals surface area contributed by atoms with Crippen molar-refractivity contribution < 1.29 is 0 Å². The minimum atomic E-state index is 0.698.